The number of hydrogen-bond donors (Lipinski definition) is 2. The zero-order valence-corrected chi connectivity index (χ0v) is 21.4. The normalized spacial score (nSPS) is 10.5. The highest BCUT2D eigenvalue weighted by molar-refractivity contribution is 6.36. The number of halogens is 3. The lowest BCUT2D eigenvalue weighted by Gasteiger charge is -2.12. The number of anilines is 2. The molecule has 4 aromatic carbocycles. The van der Waals surface area contributed by atoms with E-state index in [0.29, 0.717) is 43.3 Å². The van der Waals surface area contributed by atoms with E-state index in [1.165, 1.54) is 6.07 Å². The highest BCUT2D eigenvalue weighted by Crippen LogP contribution is 2.26. The number of carbonyl (C=O) groups excluding carboxylic acids is 3. The number of amides is 2. The van der Waals surface area contributed by atoms with Crippen molar-refractivity contribution in [3.05, 3.63) is 123 Å². The van der Waals surface area contributed by atoms with Gasteiger partial charge in [-0.3, -0.25) is 14.4 Å². The van der Waals surface area contributed by atoms with Gasteiger partial charge >= 0.3 is 0 Å². The predicted molar refractivity (Wildman–Crippen MR) is 146 cm³/mol. The van der Waals surface area contributed by atoms with Crippen LogP contribution in [0.15, 0.2) is 91.0 Å². The first-order valence-corrected chi connectivity index (χ1v) is 12.1. The second kappa shape index (κ2) is 11.9. The van der Waals surface area contributed by atoms with Crippen LogP contribution in [-0.4, -0.2) is 24.2 Å². The lowest BCUT2D eigenvalue weighted by Crippen LogP contribution is -2.21. The van der Waals surface area contributed by atoms with Crippen LogP contribution in [0.5, 0.6) is 5.75 Å². The molecule has 0 saturated heterocycles. The van der Waals surface area contributed by atoms with Crippen LogP contribution in [-0.2, 0) is 4.79 Å². The number of hydrogen-bond acceptors (Lipinski definition) is 4. The van der Waals surface area contributed by atoms with E-state index in [-0.39, 0.29) is 23.9 Å². The van der Waals surface area contributed by atoms with Gasteiger partial charge in [0, 0.05) is 26.7 Å². The molecule has 186 valence electrons. The second-order valence-electron chi connectivity index (χ2n) is 7.82. The van der Waals surface area contributed by atoms with Gasteiger partial charge < -0.3 is 15.4 Å². The van der Waals surface area contributed by atoms with Gasteiger partial charge in [0.05, 0.1) is 16.4 Å². The number of ketones is 1. The van der Waals surface area contributed by atoms with E-state index >= 15 is 0 Å². The van der Waals surface area contributed by atoms with E-state index in [1.54, 1.807) is 78.9 Å². The third kappa shape index (κ3) is 6.89. The minimum absolute atomic E-state index is 0.266. The summed E-state index contributed by atoms with van der Waals surface area (Å²) in [4.78, 5) is 38.0. The fourth-order valence-corrected chi connectivity index (χ4v) is 3.89. The fraction of sp³-hybridized carbons (Fsp3) is 0.0357. The van der Waals surface area contributed by atoms with Gasteiger partial charge in [0.15, 0.2) is 12.4 Å². The van der Waals surface area contributed by atoms with Crippen LogP contribution in [0.25, 0.3) is 0 Å². The van der Waals surface area contributed by atoms with Gasteiger partial charge in [-0.05, 0) is 60.7 Å². The Morgan fingerprint density at radius 3 is 2.08 bits per heavy atom. The molecule has 9 heteroatoms. The highest BCUT2D eigenvalue weighted by Gasteiger charge is 2.16. The molecule has 0 unspecified atom stereocenters. The summed E-state index contributed by atoms with van der Waals surface area (Å²) in [6, 6.07) is 24.3. The molecule has 0 spiro atoms. The van der Waals surface area contributed by atoms with E-state index in [2.05, 4.69) is 10.6 Å². The van der Waals surface area contributed by atoms with Crippen molar-refractivity contribution in [1.29, 1.82) is 0 Å². The quantitative estimate of drug-likeness (QED) is 0.227. The molecule has 2 amide bonds. The molecule has 0 atom stereocenters. The monoisotopic (exact) mass is 552 g/mol. The number of rotatable bonds is 8. The molecule has 0 aliphatic rings. The van der Waals surface area contributed by atoms with Crippen molar-refractivity contribution in [1.82, 2.24) is 0 Å². The molecular formula is C28H19Cl3N2O4. The first kappa shape index (κ1) is 26.2. The summed E-state index contributed by atoms with van der Waals surface area (Å²) >= 11 is 18.1. The minimum Gasteiger partial charge on any atom is -0.484 e. The maximum atomic E-state index is 12.9. The largest absolute Gasteiger partial charge is 0.484 e. The predicted octanol–water partition coefficient (Wildman–Crippen LogP) is 7.15. The molecule has 4 aromatic rings. The van der Waals surface area contributed by atoms with Gasteiger partial charge in [0.2, 0.25) is 0 Å². The fourth-order valence-electron chi connectivity index (χ4n) is 3.38. The van der Waals surface area contributed by atoms with Gasteiger partial charge in [-0.2, -0.15) is 0 Å². The van der Waals surface area contributed by atoms with E-state index in [1.807, 2.05) is 6.07 Å². The Hall–Kier alpha value is -3.84. The van der Waals surface area contributed by atoms with E-state index < -0.39 is 5.91 Å². The molecule has 0 aliphatic carbocycles. The molecule has 0 aromatic heterocycles. The minimum atomic E-state index is -0.471. The molecule has 0 saturated carbocycles. The summed E-state index contributed by atoms with van der Waals surface area (Å²) in [7, 11) is 0. The van der Waals surface area contributed by atoms with Gasteiger partial charge in [-0.1, -0.05) is 65.1 Å². The Morgan fingerprint density at radius 1 is 0.676 bits per heavy atom. The molecule has 37 heavy (non-hydrogen) atoms. The van der Waals surface area contributed by atoms with Crippen LogP contribution in [0.4, 0.5) is 11.4 Å². The first-order valence-electron chi connectivity index (χ1n) is 11.0. The Labute approximate surface area is 228 Å². The summed E-state index contributed by atoms with van der Waals surface area (Å²) < 4.78 is 5.54. The van der Waals surface area contributed by atoms with Crippen LogP contribution < -0.4 is 15.4 Å². The lowest BCUT2D eigenvalue weighted by molar-refractivity contribution is -0.118. The van der Waals surface area contributed by atoms with Crippen molar-refractivity contribution in [3.63, 3.8) is 0 Å². The molecule has 0 radical (unpaired) electrons. The van der Waals surface area contributed by atoms with Crippen LogP contribution in [0.1, 0.15) is 26.3 Å². The van der Waals surface area contributed by atoms with E-state index in [0.717, 1.165) is 0 Å². The number of ether oxygens (including phenoxy) is 1. The maximum absolute atomic E-state index is 12.9. The Morgan fingerprint density at radius 2 is 1.35 bits per heavy atom. The van der Waals surface area contributed by atoms with Gasteiger partial charge in [0.1, 0.15) is 5.75 Å². The van der Waals surface area contributed by atoms with Crippen LogP contribution in [0.3, 0.4) is 0 Å². The first-order chi connectivity index (χ1) is 17.8. The Balaban J connectivity index is 1.37. The van der Waals surface area contributed by atoms with E-state index in [9.17, 15) is 14.4 Å². The molecular weight excluding hydrogens is 535 g/mol. The third-order valence-electron chi connectivity index (χ3n) is 5.20. The number of carbonyl (C=O) groups is 3. The van der Waals surface area contributed by atoms with Crippen molar-refractivity contribution in [2.45, 2.75) is 0 Å². The zero-order valence-electron chi connectivity index (χ0n) is 19.1. The SMILES string of the molecule is O=C(COc1ccc(C(=O)Nc2cc(Cl)ccc2Cl)cc1)Nc1ccc(Cl)cc1C(=O)c1ccccc1. The summed E-state index contributed by atoms with van der Waals surface area (Å²) in [5.41, 5.74) is 1.81. The summed E-state index contributed by atoms with van der Waals surface area (Å²) in [6.07, 6.45) is 0. The average Bonchev–Trinajstić information content (AvgIpc) is 2.91. The smallest absolute Gasteiger partial charge is 0.262 e. The van der Waals surface area contributed by atoms with Crippen LogP contribution in [0, 0.1) is 0 Å². The Bertz CT molecular complexity index is 1460. The second-order valence-corrected chi connectivity index (χ2v) is 9.10. The summed E-state index contributed by atoms with van der Waals surface area (Å²) in [5.74, 6) is -0.745. The standard InChI is InChI=1S/C28H19Cl3N2O4/c29-19-9-13-24(22(14-19)27(35)17-4-2-1-3-5-17)32-26(34)16-37-21-10-6-18(7-11-21)28(36)33-25-15-20(30)8-12-23(25)31/h1-15H,16H2,(H,32,34)(H,33,36). The zero-order chi connectivity index (χ0) is 26.4. The van der Waals surface area contributed by atoms with Crippen molar-refractivity contribution < 1.29 is 19.1 Å². The number of nitrogens with one attached hydrogen (secondary N) is 2. The molecule has 2 N–H and O–H groups in total. The molecule has 0 bridgehead atoms. The third-order valence-corrected chi connectivity index (χ3v) is 6.00. The van der Waals surface area contributed by atoms with E-state index in [4.69, 9.17) is 39.5 Å². The molecule has 0 heterocycles. The number of benzene rings is 4. The summed E-state index contributed by atoms with van der Waals surface area (Å²) in [5, 5.41) is 6.56. The van der Waals surface area contributed by atoms with Gasteiger partial charge in [0.25, 0.3) is 11.8 Å². The Kier molecular flexibility index (Phi) is 8.46. The van der Waals surface area contributed by atoms with Crippen molar-refractivity contribution in [3.8, 4) is 5.75 Å². The molecule has 4 rings (SSSR count). The average molecular weight is 554 g/mol. The topological polar surface area (TPSA) is 84.5 Å². The molecule has 0 fully saturated rings. The van der Waals surface area contributed by atoms with Crippen LogP contribution >= 0.6 is 34.8 Å². The van der Waals surface area contributed by atoms with Crippen LogP contribution in [0.2, 0.25) is 15.1 Å². The maximum Gasteiger partial charge on any atom is 0.262 e. The van der Waals surface area contributed by atoms with Crippen molar-refractivity contribution in [2.24, 2.45) is 0 Å². The highest BCUT2D eigenvalue weighted by atomic mass is 35.5. The van der Waals surface area contributed by atoms with Gasteiger partial charge in [-0.15, -0.1) is 0 Å². The lowest BCUT2D eigenvalue weighted by atomic mass is 10.0. The van der Waals surface area contributed by atoms with Gasteiger partial charge in [-0.25, -0.2) is 0 Å². The molecule has 6 nitrogen and oxygen atoms in total. The molecule has 0 aliphatic heterocycles. The van der Waals surface area contributed by atoms with Crippen molar-refractivity contribution in [2.75, 3.05) is 17.2 Å². The summed E-state index contributed by atoms with van der Waals surface area (Å²) in [6.45, 7) is -0.314. The van der Waals surface area contributed by atoms with Crippen molar-refractivity contribution >= 4 is 63.8 Å².